The van der Waals surface area contributed by atoms with E-state index in [1.54, 1.807) is 12.1 Å². The van der Waals surface area contributed by atoms with Gasteiger partial charge in [0.25, 0.3) is 0 Å². The first kappa shape index (κ1) is 11.7. The highest BCUT2D eigenvalue weighted by molar-refractivity contribution is 5.79. The lowest BCUT2D eigenvalue weighted by Crippen LogP contribution is -2.01. The van der Waals surface area contributed by atoms with Gasteiger partial charge in [-0.2, -0.15) is 13.2 Å². The molecule has 0 saturated heterocycles. The molecule has 0 bridgehead atoms. The molecular weight excluding hydrogens is 233 g/mol. The van der Waals surface area contributed by atoms with E-state index in [0.29, 0.717) is 18.2 Å². The summed E-state index contributed by atoms with van der Waals surface area (Å²) in [4.78, 5) is 10.2. The first-order valence-corrected chi connectivity index (χ1v) is 5.04. The van der Waals surface area contributed by atoms with Crippen molar-refractivity contribution in [3.63, 3.8) is 0 Å². The van der Waals surface area contributed by atoms with E-state index in [-0.39, 0.29) is 5.58 Å². The lowest BCUT2D eigenvalue weighted by molar-refractivity contribution is -0.152. The van der Waals surface area contributed by atoms with Crippen LogP contribution in [0.1, 0.15) is 17.7 Å². The minimum atomic E-state index is -4.47. The quantitative estimate of drug-likeness (QED) is 0.770. The number of alkyl halides is 3. The van der Waals surface area contributed by atoms with Gasteiger partial charge < -0.3 is 9.21 Å². The van der Waals surface area contributed by atoms with E-state index in [4.69, 9.17) is 4.42 Å². The second-order valence-electron chi connectivity index (χ2n) is 3.69. The Morgan fingerprint density at radius 2 is 2.00 bits per heavy atom. The fourth-order valence-corrected chi connectivity index (χ4v) is 1.61. The Balaban J connectivity index is 2.37. The molecule has 0 aliphatic carbocycles. The Morgan fingerprint density at radius 1 is 1.24 bits per heavy atom. The number of furan rings is 1. The van der Waals surface area contributed by atoms with Gasteiger partial charge in [-0.15, -0.1) is 0 Å². The normalized spacial score (nSPS) is 11.9. The minimum absolute atomic E-state index is 0.201. The van der Waals surface area contributed by atoms with E-state index in [2.05, 4.69) is 0 Å². The van der Waals surface area contributed by atoms with Crippen LogP contribution in [-0.2, 0) is 17.4 Å². The number of aryl methyl sites for hydroxylation is 1. The first-order valence-electron chi connectivity index (χ1n) is 5.04. The summed E-state index contributed by atoms with van der Waals surface area (Å²) in [5, 5.41) is 0.403. The second-order valence-corrected chi connectivity index (χ2v) is 3.69. The third-order valence-electron chi connectivity index (χ3n) is 2.41. The zero-order valence-corrected chi connectivity index (χ0v) is 8.75. The maximum absolute atomic E-state index is 12.4. The van der Waals surface area contributed by atoms with Crippen LogP contribution in [-0.4, -0.2) is 6.29 Å². The maximum atomic E-state index is 12.4. The summed E-state index contributed by atoms with van der Waals surface area (Å²) in [5.41, 5.74) is 1.02. The minimum Gasteiger partial charge on any atom is -0.452 e. The number of aldehydes is 1. The van der Waals surface area contributed by atoms with Crippen molar-refractivity contribution in [1.82, 2.24) is 0 Å². The van der Waals surface area contributed by atoms with Gasteiger partial charge in [-0.25, -0.2) is 0 Å². The second kappa shape index (κ2) is 4.24. The molecule has 5 heteroatoms. The topological polar surface area (TPSA) is 30.2 Å². The van der Waals surface area contributed by atoms with E-state index in [9.17, 15) is 18.0 Å². The summed E-state index contributed by atoms with van der Waals surface area (Å²) >= 11 is 0. The van der Waals surface area contributed by atoms with Gasteiger partial charge in [0.1, 0.15) is 11.9 Å². The Bertz CT molecular complexity index is 540. The Labute approximate surface area is 95.0 Å². The third kappa shape index (κ3) is 2.49. The molecule has 0 amide bonds. The smallest absolute Gasteiger partial charge is 0.449 e. The number of hydrogen-bond donors (Lipinski definition) is 0. The summed E-state index contributed by atoms with van der Waals surface area (Å²) in [6, 6.07) is 5.73. The number of fused-ring (bicyclic) bond motifs is 1. The standard InChI is InChI=1S/C12H9F3O2/c13-12(14,15)11-7-9-6-8(2-1-5-16)3-4-10(9)17-11/h3-7H,1-2H2. The van der Waals surface area contributed by atoms with Crippen molar-refractivity contribution in [2.24, 2.45) is 0 Å². The zero-order valence-electron chi connectivity index (χ0n) is 8.75. The number of hydrogen-bond acceptors (Lipinski definition) is 2. The molecule has 0 fully saturated rings. The van der Waals surface area contributed by atoms with Gasteiger partial charge in [0.2, 0.25) is 5.76 Å². The lowest BCUT2D eigenvalue weighted by Gasteiger charge is -1.98. The number of rotatable bonds is 3. The summed E-state index contributed by atoms with van der Waals surface area (Å²) in [6.07, 6.45) is -2.82. The summed E-state index contributed by atoms with van der Waals surface area (Å²) < 4.78 is 41.9. The molecule has 0 atom stereocenters. The van der Waals surface area contributed by atoms with Crippen LogP contribution in [0.5, 0.6) is 0 Å². The van der Waals surface area contributed by atoms with Crippen molar-refractivity contribution < 1.29 is 22.4 Å². The van der Waals surface area contributed by atoms with Crippen LogP contribution < -0.4 is 0 Å². The molecule has 2 rings (SSSR count). The highest BCUT2D eigenvalue weighted by atomic mass is 19.4. The predicted molar refractivity (Wildman–Crippen MR) is 55.6 cm³/mol. The van der Waals surface area contributed by atoms with Crippen LogP contribution >= 0.6 is 0 Å². The fraction of sp³-hybridized carbons (Fsp3) is 0.250. The van der Waals surface area contributed by atoms with Crippen molar-refractivity contribution in [3.8, 4) is 0 Å². The molecule has 1 heterocycles. The maximum Gasteiger partial charge on any atom is 0.449 e. The van der Waals surface area contributed by atoms with Gasteiger partial charge in [-0.1, -0.05) is 6.07 Å². The van der Waals surface area contributed by atoms with Gasteiger partial charge in [0, 0.05) is 11.8 Å². The summed E-state index contributed by atoms with van der Waals surface area (Å²) in [6.45, 7) is 0. The number of carbonyl (C=O) groups is 1. The Hall–Kier alpha value is -1.78. The first-order chi connectivity index (χ1) is 8.00. The van der Waals surface area contributed by atoms with Crippen molar-refractivity contribution in [3.05, 3.63) is 35.6 Å². The molecule has 0 N–H and O–H groups in total. The van der Waals surface area contributed by atoms with E-state index in [1.165, 1.54) is 6.07 Å². The number of carbonyl (C=O) groups excluding carboxylic acids is 1. The van der Waals surface area contributed by atoms with Crippen molar-refractivity contribution in [1.29, 1.82) is 0 Å². The lowest BCUT2D eigenvalue weighted by atomic mass is 10.1. The van der Waals surface area contributed by atoms with Crippen molar-refractivity contribution in [2.45, 2.75) is 19.0 Å². The van der Waals surface area contributed by atoms with Crippen LogP contribution in [0.4, 0.5) is 13.2 Å². The molecule has 0 aliphatic heterocycles. The molecular formula is C12H9F3O2. The van der Waals surface area contributed by atoms with Crippen LogP contribution in [0.3, 0.4) is 0 Å². The average Bonchev–Trinajstić information content (AvgIpc) is 2.68. The van der Waals surface area contributed by atoms with Gasteiger partial charge in [0.15, 0.2) is 0 Å². The number of benzene rings is 1. The van der Waals surface area contributed by atoms with Crippen LogP contribution in [0.2, 0.25) is 0 Å². The summed E-state index contributed by atoms with van der Waals surface area (Å²) in [5.74, 6) is -1.000. The van der Waals surface area contributed by atoms with Gasteiger partial charge in [0.05, 0.1) is 0 Å². The molecule has 2 nitrogen and oxygen atoms in total. The fourth-order valence-electron chi connectivity index (χ4n) is 1.61. The Kier molecular flexibility index (Phi) is 2.92. The van der Waals surface area contributed by atoms with Gasteiger partial charge in [-0.05, 0) is 30.2 Å². The molecule has 0 spiro atoms. The highest BCUT2D eigenvalue weighted by Gasteiger charge is 2.35. The molecule has 0 unspecified atom stereocenters. The van der Waals surface area contributed by atoms with Crippen molar-refractivity contribution >= 4 is 17.3 Å². The molecule has 0 aliphatic rings. The number of halogens is 3. The van der Waals surface area contributed by atoms with E-state index in [0.717, 1.165) is 17.9 Å². The van der Waals surface area contributed by atoms with Crippen molar-refractivity contribution in [2.75, 3.05) is 0 Å². The predicted octanol–water partition coefficient (Wildman–Crippen LogP) is 3.58. The van der Waals surface area contributed by atoms with Crippen LogP contribution in [0, 0.1) is 0 Å². The zero-order chi connectivity index (χ0) is 12.5. The largest absolute Gasteiger partial charge is 0.452 e. The molecule has 0 saturated carbocycles. The van der Waals surface area contributed by atoms with E-state index in [1.807, 2.05) is 0 Å². The van der Waals surface area contributed by atoms with E-state index >= 15 is 0 Å². The monoisotopic (exact) mass is 242 g/mol. The molecule has 1 aromatic carbocycles. The molecule has 1 aromatic heterocycles. The average molecular weight is 242 g/mol. The van der Waals surface area contributed by atoms with Crippen LogP contribution in [0.25, 0.3) is 11.0 Å². The van der Waals surface area contributed by atoms with Gasteiger partial charge in [-0.3, -0.25) is 0 Å². The van der Waals surface area contributed by atoms with Gasteiger partial charge >= 0.3 is 6.18 Å². The molecule has 0 radical (unpaired) electrons. The van der Waals surface area contributed by atoms with E-state index < -0.39 is 11.9 Å². The van der Waals surface area contributed by atoms with Crippen LogP contribution in [0.15, 0.2) is 28.7 Å². The summed E-state index contributed by atoms with van der Waals surface area (Å²) in [7, 11) is 0. The SMILES string of the molecule is O=CCCc1ccc2oc(C(F)(F)F)cc2c1. The molecule has 90 valence electrons. The highest BCUT2D eigenvalue weighted by Crippen LogP contribution is 2.33. The molecule has 17 heavy (non-hydrogen) atoms. The molecule has 2 aromatic rings. The third-order valence-corrected chi connectivity index (χ3v) is 2.41. The Morgan fingerprint density at radius 3 is 2.65 bits per heavy atom.